The molecule has 0 spiro atoms. The van der Waals surface area contributed by atoms with Crippen LogP contribution >= 0.6 is 11.6 Å². The normalized spacial score (nSPS) is 18.5. The van der Waals surface area contributed by atoms with Gasteiger partial charge >= 0.3 is 6.09 Å². The Morgan fingerprint density at radius 1 is 1.21 bits per heavy atom. The van der Waals surface area contributed by atoms with E-state index < -0.39 is 23.2 Å². The molecular weight excluding hydrogens is 523 g/mol. The van der Waals surface area contributed by atoms with E-state index in [4.69, 9.17) is 21.1 Å². The highest BCUT2D eigenvalue weighted by atomic mass is 35.5. The van der Waals surface area contributed by atoms with Gasteiger partial charge < -0.3 is 19.3 Å². The summed E-state index contributed by atoms with van der Waals surface area (Å²) in [7, 11) is 3.68. The van der Waals surface area contributed by atoms with Crippen molar-refractivity contribution in [2.24, 2.45) is 5.41 Å². The van der Waals surface area contributed by atoms with Crippen molar-refractivity contribution in [3.8, 4) is 11.8 Å². The van der Waals surface area contributed by atoms with Crippen molar-refractivity contribution in [1.82, 2.24) is 4.90 Å². The molecule has 2 heterocycles. The van der Waals surface area contributed by atoms with E-state index >= 15 is 0 Å². The van der Waals surface area contributed by atoms with Crippen LogP contribution in [-0.2, 0) is 16.0 Å². The monoisotopic (exact) mass is 556 g/mol. The van der Waals surface area contributed by atoms with Crippen LogP contribution in [0.25, 0.3) is 0 Å². The lowest BCUT2D eigenvalue weighted by atomic mass is 9.75. The van der Waals surface area contributed by atoms with Gasteiger partial charge in [-0.1, -0.05) is 23.7 Å². The number of piperidine rings is 1. The predicted octanol–water partition coefficient (Wildman–Crippen LogP) is 5.42. The van der Waals surface area contributed by atoms with E-state index in [0.29, 0.717) is 54.5 Å². The number of hydrogen-bond donors (Lipinski definition) is 0. The Hall–Kier alpha value is -3.51. The number of ether oxygens (including phenoxy) is 2. The predicted molar refractivity (Wildman–Crippen MR) is 148 cm³/mol. The highest BCUT2D eigenvalue weighted by Gasteiger charge is 2.42. The van der Waals surface area contributed by atoms with Gasteiger partial charge in [0, 0.05) is 33.3 Å². The summed E-state index contributed by atoms with van der Waals surface area (Å²) in [5.41, 5.74) is 0.624. The number of nitriles is 1. The van der Waals surface area contributed by atoms with Crippen LogP contribution < -0.4 is 14.5 Å². The molecule has 0 N–H and O–H groups in total. The molecule has 0 aliphatic carbocycles. The molecule has 1 unspecified atom stereocenters. The first-order valence-corrected chi connectivity index (χ1v) is 13.3. The van der Waals surface area contributed by atoms with E-state index in [1.165, 1.54) is 17.0 Å². The molecule has 4 rings (SSSR count). The van der Waals surface area contributed by atoms with Crippen LogP contribution in [0.2, 0.25) is 5.02 Å². The zero-order chi connectivity index (χ0) is 28.5. The van der Waals surface area contributed by atoms with Gasteiger partial charge in [-0.05, 0) is 63.8 Å². The maximum atomic E-state index is 13.7. The Balaban J connectivity index is 1.53. The van der Waals surface area contributed by atoms with E-state index in [2.05, 4.69) is 6.07 Å². The highest BCUT2D eigenvalue weighted by Crippen LogP contribution is 2.42. The number of nitrogens with zero attached hydrogens (tertiary/aromatic N) is 4. The Kier molecular flexibility index (Phi) is 7.99. The lowest BCUT2D eigenvalue weighted by Crippen LogP contribution is -2.54. The molecule has 1 saturated heterocycles. The van der Waals surface area contributed by atoms with Crippen molar-refractivity contribution >= 4 is 35.0 Å². The van der Waals surface area contributed by atoms with Crippen LogP contribution in [0, 0.1) is 22.6 Å². The molecule has 208 valence electrons. The SMILES string of the molecule is CN(C)c1cc2c(cc1Cl)N(C(=O)OC(C)(C)C)CC(C(=O)N1CCC(C#N)(Cc3ccc(F)cc3)CC1)O2. The summed E-state index contributed by atoms with van der Waals surface area (Å²) in [5, 5.41) is 10.4. The Morgan fingerprint density at radius 3 is 2.41 bits per heavy atom. The van der Waals surface area contributed by atoms with Gasteiger partial charge in [-0.3, -0.25) is 9.69 Å². The standard InChI is InChI=1S/C29H34ClFN4O4/c1-28(2,3)39-27(37)35-17-25(38-24-15-22(33(4)5)21(30)14-23(24)35)26(36)34-12-10-29(18-32,11-13-34)16-19-6-8-20(31)9-7-19/h6-9,14-15,25H,10-13,16-17H2,1-5H3. The molecule has 0 saturated carbocycles. The van der Waals surface area contributed by atoms with Crippen LogP contribution in [-0.4, -0.2) is 62.3 Å². The molecule has 1 fully saturated rings. The first-order valence-electron chi connectivity index (χ1n) is 12.9. The van der Waals surface area contributed by atoms with Crippen LogP contribution in [0.5, 0.6) is 5.75 Å². The zero-order valence-electron chi connectivity index (χ0n) is 23.0. The quantitative estimate of drug-likeness (QED) is 0.500. The Morgan fingerprint density at radius 2 is 1.85 bits per heavy atom. The first-order chi connectivity index (χ1) is 18.3. The third-order valence-corrected chi connectivity index (χ3v) is 7.34. The number of carbonyl (C=O) groups excluding carboxylic acids is 2. The van der Waals surface area contributed by atoms with E-state index in [0.717, 1.165) is 5.56 Å². The molecule has 2 aliphatic heterocycles. The molecule has 0 bridgehead atoms. The number of carbonyl (C=O) groups is 2. The Bertz CT molecular complexity index is 1280. The van der Waals surface area contributed by atoms with Crippen molar-refractivity contribution in [3.63, 3.8) is 0 Å². The number of anilines is 2. The molecule has 2 amide bonds. The summed E-state index contributed by atoms with van der Waals surface area (Å²) in [5.74, 6) is -0.221. The molecule has 2 aromatic carbocycles. The van der Waals surface area contributed by atoms with Crippen LogP contribution in [0.1, 0.15) is 39.2 Å². The second-order valence-corrected chi connectivity index (χ2v) is 11.8. The fourth-order valence-electron chi connectivity index (χ4n) is 4.93. The second kappa shape index (κ2) is 10.9. The summed E-state index contributed by atoms with van der Waals surface area (Å²) >= 11 is 6.49. The molecule has 1 atom stereocenters. The smallest absolute Gasteiger partial charge is 0.415 e. The number of rotatable bonds is 4. The van der Waals surface area contributed by atoms with E-state index in [1.54, 1.807) is 49.9 Å². The minimum absolute atomic E-state index is 0.0339. The number of benzene rings is 2. The fraction of sp³-hybridized carbons (Fsp3) is 0.483. The van der Waals surface area contributed by atoms with Crippen molar-refractivity contribution in [3.05, 3.63) is 52.8 Å². The van der Waals surface area contributed by atoms with Gasteiger partial charge in [0.25, 0.3) is 5.91 Å². The molecule has 0 aromatic heterocycles. The summed E-state index contributed by atoms with van der Waals surface area (Å²) in [6.07, 6.45) is -0.106. The third kappa shape index (κ3) is 6.39. The lowest BCUT2D eigenvalue weighted by Gasteiger charge is -2.41. The van der Waals surface area contributed by atoms with E-state index in [1.807, 2.05) is 19.0 Å². The summed E-state index contributed by atoms with van der Waals surface area (Å²) in [6, 6.07) is 12.0. The number of amides is 2. The van der Waals surface area contributed by atoms with Gasteiger partial charge in [0.1, 0.15) is 17.2 Å². The number of hydrogen-bond acceptors (Lipinski definition) is 6. The summed E-state index contributed by atoms with van der Waals surface area (Å²) in [6.45, 7) is 6.04. The number of fused-ring (bicyclic) bond motifs is 1. The number of likely N-dealkylation sites (tertiary alicyclic amines) is 1. The average molecular weight is 557 g/mol. The Labute approximate surface area is 233 Å². The van der Waals surface area contributed by atoms with Gasteiger partial charge in [0.15, 0.2) is 6.10 Å². The van der Waals surface area contributed by atoms with Gasteiger partial charge in [0.2, 0.25) is 0 Å². The fourth-order valence-corrected chi connectivity index (χ4v) is 5.26. The number of halogens is 2. The van der Waals surface area contributed by atoms with Crippen LogP contribution in [0.4, 0.5) is 20.6 Å². The summed E-state index contributed by atoms with van der Waals surface area (Å²) < 4.78 is 25.1. The van der Waals surface area contributed by atoms with Gasteiger partial charge in [0.05, 0.1) is 34.4 Å². The topological polar surface area (TPSA) is 86.1 Å². The minimum Gasteiger partial charge on any atom is -0.476 e. The second-order valence-electron chi connectivity index (χ2n) is 11.4. The van der Waals surface area contributed by atoms with Crippen molar-refractivity contribution in [2.75, 3.05) is 43.5 Å². The zero-order valence-corrected chi connectivity index (χ0v) is 23.7. The average Bonchev–Trinajstić information content (AvgIpc) is 2.88. The molecule has 8 nitrogen and oxygen atoms in total. The molecule has 10 heteroatoms. The summed E-state index contributed by atoms with van der Waals surface area (Å²) in [4.78, 5) is 31.7. The molecule has 39 heavy (non-hydrogen) atoms. The maximum Gasteiger partial charge on any atom is 0.415 e. The van der Waals surface area contributed by atoms with Crippen LogP contribution in [0.15, 0.2) is 36.4 Å². The molecule has 2 aliphatic rings. The minimum atomic E-state index is -0.951. The molecule has 2 aromatic rings. The largest absolute Gasteiger partial charge is 0.476 e. The van der Waals surface area contributed by atoms with E-state index in [9.17, 15) is 19.2 Å². The molecule has 0 radical (unpaired) electrons. The van der Waals surface area contributed by atoms with Gasteiger partial charge in [-0.25, -0.2) is 9.18 Å². The van der Waals surface area contributed by atoms with Crippen molar-refractivity contribution < 1.29 is 23.5 Å². The highest BCUT2D eigenvalue weighted by molar-refractivity contribution is 6.33. The lowest BCUT2D eigenvalue weighted by molar-refractivity contribution is -0.140. The molecular formula is C29H34ClFN4O4. The van der Waals surface area contributed by atoms with Crippen LogP contribution in [0.3, 0.4) is 0 Å². The van der Waals surface area contributed by atoms with E-state index in [-0.39, 0.29) is 18.3 Å². The van der Waals surface area contributed by atoms with Crippen molar-refractivity contribution in [2.45, 2.75) is 51.7 Å². The van der Waals surface area contributed by atoms with Gasteiger partial charge in [-0.15, -0.1) is 0 Å². The van der Waals surface area contributed by atoms with Gasteiger partial charge in [-0.2, -0.15) is 5.26 Å². The maximum absolute atomic E-state index is 13.7. The first kappa shape index (κ1) is 28.5. The third-order valence-electron chi connectivity index (χ3n) is 7.03. The van der Waals surface area contributed by atoms with Crippen molar-refractivity contribution in [1.29, 1.82) is 5.26 Å².